The number of likely N-dealkylation sites (tertiary alicyclic amines) is 2. The third-order valence-corrected chi connectivity index (χ3v) is 8.46. The Balaban J connectivity index is 1.26. The average Bonchev–Trinajstić information content (AvgIpc) is 3.41. The Morgan fingerprint density at radius 3 is 2.31 bits per heavy atom. The summed E-state index contributed by atoms with van der Waals surface area (Å²) in [6.07, 6.45) is 19.6. The fraction of sp³-hybridized carbons (Fsp3) is 0.846. The molecule has 0 amide bonds. The van der Waals surface area contributed by atoms with Gasteiger partial charge >= 0.3 is 0 Å². The Bertz CT molecular complexity index is 691. The van der Waals surface area contributed by atoms with Gasteiger partial charge in [-0.05, 0) is 77.1 Å². The van der Waals surface area contributed by atoms with Gasteiger partial charge in [0.15, 0.2) is 0 Å². The highest BCUT2D eigenvalue weighted by Gasteiger charge is 2.38. The first-order valence-corrected chi connectivity index (χ1v) is 13.7. The molecule has 0 aromatic carbocycles. The summed E-state index contributed by atoms with van der Waals surface area (Å²) in [5.41, 5.74) is 0. The van der Waals surface area contributed by atoms with Crippen molar-refractivity contribution in [3.8, 4) is 0 Å². The second kappa shape index (κ2) is 11.1. The summed E-state index contributed by atoms with van der Waals surface area (Å²) in [6.45, 7) is 7.35. The van der Waals surface area contributed by atoms with E-state index in [1.807, 2.05) is 6.20 Å². The van der Waals surface area contributed by atoms with Gasteiger partial charge in [0.2, 0.25) is 5.95 Å². The van der Waals surface area contributed by atoms with Crippen molar-refractivity contribution in [2.24, 2.45) is 0 Å². The van der Waals surface area contributed by atoms with E-state index in [0.29, 0.717) is 12.1 Å². The Morgan fingerprint density at radius 1 is 0.812 bits per heavy atom. The van der Waals surface area contributed by atoms with Crippen molar-refractivity contribution in [3.05, 3.63) is 12.3 Å². The van der Waals surface area contributed by atoms with Crippen LogP contribution in [0.1, 0.15) is 83.5 Å². The SMILES string of the molecule is c1cc(N2CCCCCC2)nc(N[C@H]2CCN(C3CCCCC3)C2CCN2CCCC2)n1. The van der Waals surface area contributed by atoms with Crippen molar-refractivity contribution in [2.45, 2.75) is 102 Å². The topological polar surface area (TPSA) is 47.5 Å². The van der Waals surface area contributed by atoms with Gasteiger partial charge in [0.1, 0.15) is 5.82 Å². The molecule has 1 saturated carbocycles. The zero-order chi connectivity index (χ0) is 21.6. The van der Waals surface area contributed by atoms with Crippen LogP contribution < -0.4 is 10.2 Å². The summed E-state index contributed by atoms with van der Waals surface area (Å²) in [5, 5.41) is 3.82. The van der Waals surface area contributed by atoms with E-state index >= 15 is 0 Å². The number of nitrogens with zero attached hydrogens (tertiary/aromatic N) is 5. The lowest BCUT2D eigenvalue weighted by molar-refractivity contribution is 0.125. The molecular formula is C26H44N6. The van der Waals surface area contributed by atoms with Gasteiger partial charge in [0.05, 0.1) is 0 Å². The molecule has 1 N–H and O–H groups in total. The van der Waals surface area contributed by atoms with Crippen LogP contribution in [0.4, 0.5) is 11.8 Å². The summed E-state index contributed by atoms with van der Waals surface area (Å²) >= 11 is 0. The van der Waals surface area contributed by atoms with E-state index in [1.54, 1.807) is 0 Å². The number of anilines is 2. The Hall–Kier alpha value is -1.40. The molecule has 32 heavy (non-hydrogen) atoms. The maximum Gasteiger partial charge on any atom is 0.224 e. The molecule has 4 heterocycles. The molecule has 0 bridgehead atoms. The standard InChI is InChI=1S/C26H44N6/c1-2-7-19-31(18-6-1)25-12-15-27-26(29-25)28-23-13-21-32(22-10-4-3-5-11-22)24(23)14-20-30-16-8-9-17-30/h12,15,22-24H,1-11,13-14,16-21H2,(H,27,28,29)/t23-,24?/m0/s1. The van der Waals surface area contributed by atoms with Crippen LogP contribution in [0.2, 0.25) is 0 Å². The molecular weight excluding hydrogens is 396 g/mol. The summed E-state index contributed by atoms with van der Waals surface area (Å²) < 4.78 is 0. The Labute approximate surface area is 195 Å². The first-order valence-electron chi connectivity index (χ1n) is 13.7. The van der Waals surface area contributed by atoms with E-state index in [9.17, 15) is 0 Å². The molecule has 4 fully saturated rings. The molecule has 178 valence electrons. The number of nitrogens with one attached hydrogen (secondary N) is 1. The molecule has 1 aromatic heterocycles. The lowest BCUT2D eigenvalue weighted by Crippen LogP contribution is -2.46. The van der Waals surface area contributed by atoms with Crippen LogP contribution in [0.25, 0.3) is 0 Å². The largest absolute Gasteiger partial charge is 0.356 e. The molecule has 3 saturated heterocycles. The van der Waals surface area contributed by atoms with Gasteiger partial charge in [-0.25, -0.2) is 4.98 Å². The molecule has 0 radical (unpaired) electrons. The van der Waals surface area contributed by atoms with Crippen LogP contribution in [-0.2, 0) is 0 Å². The highest BCUT2D eigenvalue weighted by atomic mass is 15.3. The summed E-state index contributed by atoms with van der Waals surface area (Å²) in [5.74, 6) is 1.95. The van der Waals surface area contributed by atoms with E-state index in [1.165, 1.54) is 110 Å². The van der Waals surface area contributed by atoms with Crippen LogP contribution >= 0.6 is 0 Å². The molecule has 3 aliphatic heterocycles. The number of hydrogen-bond acceptors (Lipinski definition) is 6. The van der Waals surface area contributed by atoms with Gasteiger partial charge in [-0.3, -0.25) is 4.90 Å². The van der Waals surface area contributed by atoms with Crippen LogP contribution in [0, 0.1) is 0 Å². The molecule has 2 atom stereocenters. The quantitative estimate of drug-likeness (QED) is 0.672. The monoisotopic (exact) mass is 440 g/mol. The van der Waals surface area contributed by atoms with Crippen molar-refractivity contribution in [2.75, 3.05) is 49.5 Å². The van der Waals surface area contributed by atoms with Gasteiger partial charge in [0, 0.05) is 44.0 Å². The first-order chi connectivity index (χ1) is 15.9. The zero-order valence-electron chi connectivity index (χ0n) is 20.1. The lowest BCUT2D eigenvalue weighted by atomic mass is 9.93. The molecule has 5 rings (SSSR count). The molecule has 1 aromatic rings. The smallest absolute Gasteiger partial charge is 0.224 e. The molecule has 6 nitrogen and oxygen atoms in total. The fourth-order valence-corrected chi connectivity index (χ4v) is 6.66. The van der Waals surface area contributed by atoms with Crippen LogP contribution in [0.3, 0.4) is 0 Å². The van der Waals surface area contributed by atoms with Crippen molar-refractivity contribution >= 4 is 11.8 Å². The number of hydrogen-bond donors (Lipinski definition) is 1. The van der Waals surface area contributed by atoms with Gasteiger partial charge in [0.25, 0.3) is 0 Å². The molecule has 1 unspecified atom stereocenters. The molecule has 0 spiro atoms. The Kier molecular flexibility index (Phi) is 7.80. The molecule has 1 aliphatic carbocycles. The van der Waals surface area contributed by atoms with E-state index in [2.05, 4.69) is 31.1 Å². The minimum absolute atomic E-state index is 0.471. The minimum atomic E-state index is 0.471. The second-order valence-electron chi connectivity index (χ2n) is 10.6. The third kappa shape index (κ3) is 5.56. The van der Waals surface area contributed by atoms with Gasteiger partial charge in [-0.15, -0.1) is 0 Å². The van der Waals surface area contributed by atoms with E-state index < -0.39 is 0 Å². The minimum Gasteiger partial charge on any atom is -0.356 e. The van der Waals surface area contributed by atoms with Gasteiger partial charge < -0.3 is 15.1 Å². The number of aromatic nitrogens is 2. The van der Waals surface area contributed by atoms with Crippen molar-refractivity contribution < 1.29 is 0 Å². The average molecular weight is 441 g/mol. The number of rotatable bonds is 7. The predicted molar refractivity (Wildman–Crippen MR) is 132 cm³/mol. The lowest BCUT2D eigenvalue weighted by Gasteiger charge is -2.37. The third-order valence-electron chi connectivity index (χ3n) is 8.46. The summed E-state index contributed by atoms with van der Waals surface area (Å²) in [6, 6.07) is 3.98. The van der Waals surface area contributed by atoms with E-state index in [0.717, 1.165) is 30.9 Å². The van der Waals surface area contributed by atoms with Crippen LogP contribution in [0.15, 0.2) is 12.3 Å². The van der Waals surface area contributed by atoms with Crippen LogP contribution in [-0.4, -0.2) is 77.2 Å². The summed E-state index contributed by atoms with van der Waals surface area (Å²) in [7, 11) is 0. The van der Waals surface area contributed by atoms with E-state index in [-0.39, 0.29) is 0 Å². The van der Waals surface area contributed by atoms with Crippen molar-refractivity contribution in [1.82, 2.24) is 19.8 Å². The highest BCUT2D eigenvalue weighted by Crippen LogP contribution is 2.32. The van der Waals surface area contributed by atoms with Crippen molar-refractivity contribution in [1.29, 1.82) is 0 Å². The van der Waals surface area contributed by atoms with Crippen LogP contribution in [0.5, 0.6) is 0 Å². The second-order valence-corrected chi connectivity index (χ2v) is 10.6. The predicted octanol–water partition coefficient (Wildman–Crippen LogP) is 4.53. The molecule has 4 aliphatic rings. The van der Waals surface area contributed by atoms with Gasteiger partial charge in [-0.2, -0.15) is 4.98 Å². The van der Waals surface area contributed by atoms with Gasteiger partial charge in [-0.1, -0.05) is 32.1 Å². The zero-order valence-corrected chi connectivity index (χ0v) is 20.1. The summed E-state index contributed by atoms with van der Waals surface area (Å²) in [4.78, 5) is 17.7. The highest BCUT2D eigenvalue weighted by molar-refractivity contribution is 5.43. The van der Waals surface area contributed by atoms with E-state index in [4.69, 9.17) is 4.98 Å². The molecule has 6 heteroatoms. The first kappa shape index (κ1) is 22.4. The Morgan fingerprint density at radius 2 is 1.53 bits per heavy atom. The fourth-order valence-electron chi connectivity index (χ4n) is 6.66. The maximum absolute atomic E-state index is 4.99. The van der Waals surface area contributed by atoms with Crippen molar-refractivity contribution in [3.63, 3.8) is 0 Å². The normalized spacial score (nSPS) is 28.8. The maximum atomic E-state index is 4.99.